The van der Waals surface area contributed by atoms with E-state index in [2.05, 4.69) is 16.1 Å². The number of carboxylic acids is 1. The predicted octanol–water partition coefficient (Wildman–Crippen LogP) is -0.430. The van der Waals surface area contributed by atoms with Gasteiger partial charge in [-0.25, -0.2) is 0 Å². The van der Waals surface area contributed by atoms with Crippen LogP contribution in [0.15, 0.2) is 12.4 Å². The van der Waals surface area contributed by atoms with Gasteiger partial charge in [-0.2, -0.15) is 5.10 Å². The average Bonchev–Trinajstić information content (AvgIpc) is 2.68. The van der Waals surface area contributed by atoms with E-state index in [0.29, 0.717) is 0 Å². The van der Waals surface area contributed by atoms with E-state index < -0.39 is 18.4 Å². The van der Waals surface area contributed by atoms with E-state index in [4.69, 9.17) is 11.5 Å². The van der Waals surface area contributed by atoms with Crippen molar-refractivity contribution < 1.29 is 14.7 Å². The van der Waals surface area contributed by atoms with Gasteiger partial charge < -0.3 is 10.0 Å². The molecule has 0 aliphatic heterocycles. The van der Waals surface area contributed by atoms with Crippen molar-refractivity contribution in [3.63, 3.8) is 0 Å². The first-order valence-electron chi connectivity index (χ1n) is 4.08. The normalized spacial score (nSPS) is 9.27. The zero-order valence-corrected chi connectivity index (χ0v) is 7.80. The molecule has 0 aliphatic carbocycles. The second kappa shape index (κ2) is 4.81. The Bertz CT molecular complexity index is 391. The number of aliphatic carboxylic acids is 1. The number of H-pyrrole nitrogens is 1. The van der Waals surface area contributed by atoms with E-state index in [-0.39, 0.29) is 12.1 Å². The molecule has 0 unspecified atom stereocenters. The molecule has 1 amide bonds. The zero-order valence-electron chi connectivity index (χ0n) is 7.80. The Morgan fingerprint density at radius 1 is 1.67 bits per heavy atom. The summed E-state index contributed by atoms with van der Waals surface area (Å²) in [4.78, 5) is 23.2. The van der Waals surface area contributed by atoms with E-state index >= 15 is 0 Å². The Hall–Kier alpha value is -2.29. The zero-order chi connectivity index (χ0) is 11.3. The van der Waals surface area contributed by atoms with E-state index in [0.717, 1.165) is 4.90 Å². The largest absolute Gasteiger partial charge is 0.480 e. The number of aromatic nitrogens is 2. The molecule has 0 fully saturated rings. The molecule has 1 aromatic heterocycles. The van der Waals surface area contributed by atoms with Crippen molar-refractivity contribution in [1.29, 1.82) is 0 Å². The van der Waals surface area contributed by atoms with Crippen molar-refractivity contribution in [3.05, 3.63) is 18.0 Å². The van der Waals surface area contributed by atoms with E-state index in [9.17, 15) is 9.59 Å². The van der Waals surface area contributed by atoms with E-state index in [1.165, 1.54) is 12.4 Å². The summed E-state index contributed by atoms with van der Waals surface area (Å²) in [7, 11) is 0. The Labute approximate surface area is 85.9 Å². The third kappa shape index (κ3) is 2.84. The van der Waals surface area contributed by atoms with Crippen LogP contribution in [0.2, 0.25) is 0 Å². The van der Waals surface area contributed by atoms with Crippen molar-refractivity contribution >= 4 is 11.9 Å². The number of hydrogen-bond donors (Lipinski definition) is 2. The summed E-state index contributed by atoms with van der Waals surface area (Å²) in [5.41, 5.74) is 0.284. The van der Waals surface area contributed by atoms with Crippen LogP contribution in [0.25, 0.3) is 0 Å². The lowest BCUT2D eigenvalue weighted by atomic mass is 10.3. The van der Waals surface area contributed by atoms with Gasteiger partial charge in [0.2, 0.25) is 0 Å². The van der Waals surface area contributed by atoms with Crippen LogP contribution in [0.5, 0.6) is 0 Å². The van der Waals surface area contributed by atoms with Crippen LogP contribution in [0, 0.1) is 12.3 Å². The molecule has 2 N–H and O–H groups in total. The minimum atomic E-state index is -1.11. The fraction of sp³-hybridized carbons (Fsp3) is 0.222. The molecule has 0 atom stereocenters. The minimum absolute atomic E-state index is 0.0453. The van der Waals surface area contributed by atoms with Crippen molar-refractivity contribution in [2.75, 3.05) is 13.1 Å². The summed E-state index contributed by atoms with van der Waals surface area (Å²) in [6.07, 6.45) is 7.73. The number of nitrogens with zero attached hydrogens (tertiary/aromatic N) is 2. The van der Waals surface area contributed by atoms with Gasteiger partial charge in [-0.15, -0.1) is 6.42 Å². The van der Waals surface area contributed by atoms with Gasteiger partial charge in [-0.05, 0) is 0 Å². The molecule has 0 spiro atoms. The summed E-state index contributed by atoms with van der Waals surface area (Å²) < 4.78 is 0. The third-order valence-electron chi connectivity index (χ3n) is 1.64. The fourth-order valence-electron chi connectivity index (χ4n) is 1.02. The van der Waals surface area contributed by atoms with Gasteiger partial charge in [0, 0.05) is 6.20 Å². The fourth-order valence-corrected chi connectivity index (χ4v) is 1.02. The molecule has 78 valence electrons. The standard InChI is InChI=1S/C9H9N3O3/c1-2-3-12(6-8(13)14)9(15)7-4-10-11-5-7/h1,4-5H,3,6H2,(H,10,11)(H,13,14). The lowest BCUT2D eigenvalue weighted by molar-refractivity contribution is -0.137. The molecular weight excluding hydrogens is 198 g/mol. The summed E-state index contributed by atoms with van der Waals surface area (Å²) >= 11 is 0. The summed E-state index contributed by atoms with van der Waals surface area (Å²) in [6.45, 7) is -0.468. The number of hydrogen-bond acceptors (Lipinski definition) is 3. The number of carbonyl (C=O) groups excluding carboxylic acids is 1. The van der Waals surface area contributed by atoms with Gasteiger partial charge >= 0.3 is 5.97 Å². The number of rotatable bonds is 4. The predicted molar refractivity (Wildman–Crippen MR) is 51.0 cm³/mol. The highest BCUT2D eigenvalue weighted by molar-refractivity contribution is 5.95. The maximum absolute atomic E-state index is 11.6. The van der Waals surface area contributed by atoms with Gasteiger partial charge in [0.15, 0.2) is 0 Å². The molecule has 6 heteroatoms. The van der Waals surface area contributed by atoms with Crippen LogP contribution in [0.4, 0.5) is 0 Å². The van der Waals surface area contributed by atoms with Gasteiger partial charge in [0.05, 0.1) is 18.3 Å². The topological polar surface area (TPSA) is 86.3 Å². The molecule has 0 aromatic carbocycles. The Balaban J connectivity index is 2.76. The molecular formula is C9H9N3O3. The second-order valence-electron chi connectivity index (χ2n) is 2.75. The summed E-state index contributed by atoms with van der Waals surface area (Å²) in [5.74, 6) is 0.663. The number of amides is 1. The first kappa shape index (κ1) is 10.8. The quantitative estimate of drug-likeness (QED) is 0.656. The first-order valence-corrected chi connectivity index (χ1v) is 4.08. The monoisotopic (exact) mass is 207 g/mol. The summed E-state index contributed by atoms with van der Waals surface area (Å²) in [5, 5.41) is 14.6. The lowest BCUT2D eigenvalue weighted by Crippen LogP contribution is -2.35. The minimum Gasteiger partial charge on any atom is -0.480 e. The molecule has 0 aliphatic rings. The Morgan fingerprint density at radius 2 is 2.40 bits per heavy atom. The van der Waals surface area contributed by atoms with Gasteiger partial charge in [-0.3, -0.25) is 14.7 Å². The smallest absolute Gasteiger partial charge is 0.323 e. The van der Waals surface area contributed by atoms with E-state index in [1.54, 1.807) is 0 Å². The van der Waals surface area contributed by atoms with Crippen LogP contribution in [0.3, 0.4) is 0 Å². The number of aromatic amines is 1. The molecule has 0 saturated heterocycles. The highest BCUT2D eigenvalue weighted by Crippen LogP contribution is 2.01. The van der Waals surface area contributed by atoms with Crippen LogP contribution in [-0.4, -0.2) is 45.2 Å². The summed E-state index contributed by atoms with van der Waals surface area (Å²) in [6, 6.07) is 0. The highest BCUT2D eigenvalue weighted by Gasteiger charge is 2.17. The van der Waals surface area contributed by atoms with Crippen LogP contribution >= 0.6 is 0 Å². The Kier molecular flexibility index (Phi) is 3.46. The third-order valence-corrected chi connectivity index (χ3v) is 1.64. The average molecular weight is 207 g/mol. The van der Waals surface area contributed by atoms with Crippen LogP contribution < -0.4 is 0 Å². The molecule has 15 heavy (non-hydrogen) atoms. The molecule has 1 rings (SSSR count). The molecule has 0 bridgehead atoms. The first-order chi connectivity index (χ1) is 7.15. The van der Waals surface area contributed by atoms with Crippen molar-refractivity contribution in [3.8, 4) is 12.3 Å². The number of nitrogens with one attached hydrogen (secondary N) is 1. The molecule has 1 aromatic rings. The molecule has 0 saturated carbocycles. The number of carbonyl (C=O) groups is 2. The SMILES string of the molecule is C#CCN(CC(=O)O)C(=O)c1cn[nH]c1. The van der Waals surface area contributed by atoms with Crippen molar-refractivity contribution in [1.82, 2.24) is 15.1 Å². The molecule has 6 nitrogen and oxygen atoms in total. The molecule has 0 radical (unpaired) electrons. The van der Waals surface area contributed by atoms with Gasteiger partial charge in [0.25, 0.3) is 5.91 Å². The number of carboxylic acid groups (broad SMARTS) is 1. The maximum atomic E-state index is 11.6. The van der Waals surface area contributed by atoms with E-state index in [1.807, 2.05) is 0 Å². The molecule has 1 heterocycles. The Morgan fingerprint density at radius 3 is 2.87 bits per heavy atom. The van der Waals surface area contributed by atoms with Crippen LogP contribution in [-0.2, 0) is 4.79 Å². The maximum Gasteiger partial charge on any atom is 0.323 e. The number of terminal acetylenes is 1. The second-order valence-corrected chi connectivity index (χ2v) is 2.75. The lowest BCUT2D eigenvalue weighted by Gasteiger charge is -2.16. The van der Waals surface area contributed by atoms with Gasteiger partial charge in [-0.1, -0.05) is 5.92 Å². The van der Waals surface area contributed by atoms with Crippen molar-refractivity contribution in [2.45, 2.75) is 0 Å². The van der Waals surface area contributed by atoms with Gasteiger partial charge in [0.1, 0.15) is 6.54 Å². The van der Waals surface area contributed by atoms with Crippen LogP contribution in [0.1, 0.15) is 10.4 Å². The highest BCUT2D eigenvalue weighted by atomic mass is 16.4. The van der Waals surface area contributed by atoms with Crippen molar-refractivity contribution in [2.24, 2.45) is 0 Å².